The molecule has 6 heteroatoms. The van der Waals surface area contributed by atoms with Crippen molar-refractivity contribution >= 4 is 147 Å². The van der Waals surface area contributed by atoms with Gasteiger partial charge in [-0.05, 0) is 207 Å². The zero-order valence-electron chi connectivity index (χ0n) is 52.4. The predicted octanol–water partition coefficient (Wildman–Crippen LogP) is 20.0. The molecule has 0 N–H and O–H groups in total. The second-order valence-electron chi connectivity index (χ2n) is 25.8. The smallest absolute Gasteiger partial charge is 0.252 e. The molecular weight excluding hydrogens is 1160 g/mol. The van der Waals surface area contributed by atoms with Gasteiger partial charge >= 0.3 is 0 Å². The summed E-state index contributed by atoms with van der Waals surface area (Å²) in [6, 6.07) is 131. The van der Waals surface area contributed by atoms with Crippen LogP contribution in [0.25, 0.3) is 76.8 Å². The molecule has 444 valence electrons. The minimum absolute atomic E-state index is 0.0359. The number of para-hydroxylation sites is 4. The van der Waals surface area contributed by atoms with E-state index in [0.29, 0.717) is 0 Å². The van der Waals surface area contributed by atoms with Crippen molar-refractivity contribution in [3.8, 4) is 44.5 Å². The van der Waals surface area contributed by atoms with Crippen LogP contribution in [0, 0.1) is 0 Å². The Morgan fingerprint density at radius 2 is 0.406 bits per heavy atom. The van der Waals surface area contributed by atoms with Crippen molar-refractivity contribution in [2.24, 2.45) is 0 Å². The molecule has 4 aliphatic heterocycles. The van der Waals surface area contributed by atoms with Crippen LogP contribution in [0.15, 0.2) is 352 Å². The van der Waals surface area contributed by atoms with Crippen LogP contribution in [0.3, 0.4) is 0 Å². The van der Waals surface area contributed by atoms with Crippen LogP contribution < -0.4 is 52.4 Å². The number of rotatable bonds is 8. The fraction of sp³-hybridized carbons (Fsp3) is 0. The van der Waals surface area contributed by atoms with Gasteiger partial charge in [-0.1, -0.05) is 255 Å². The molecular formula is C90H58B2N4. The molecule has 0 fully saturated rings. The van der Waals surface area contributed by atoms with E-state index in [9.17, 15) is 0 Å². The molecule has 0 aliphatic carbocycles. The van der Waals surface area contributed by atoms with Crippen molar-refractivity contribution < 1.29 is 0 Å². The van der Waals surface area contributed by atoms with E-state index in [2.05, 4.69) is 371 Å². The molecule has 0 atom stereocenters. The molecule has 16 aromatic carbocycles. The first-order valence-electron chi connectivity index (χ1n) is 33.4. The first kappa shape index (κ1) is 54.2. The van der Waals surface area contributed by atoms with Crippen LogP contribution in [0.1, 0.15) is 0 Å². The number of nitrogens with zero attached hydrogens (tertiary/aromatic N) is 4. The molecule has 4 nitrogen and oxygen atoms in total. The molecule has 0 unspecified atom stereocenters. The van der Waals surface area contributed by atoms with Gasteiger partial charge < -0.3 is 19.6 Å². The summed E-state index contributed by atoms with van der Waals surface area (Å²) in [5.74, 6) is 0. The third-order valence-electron chi connectivity index (χ3n) is 20.8. The second kappa shape index (κ2) is 21.6. The summed E-state index contributed by atoms with van der Waals surface area (Å²) >= 11 is 0. The topological polar surface area (TPSA) is 13.0 Å². The molecule has 0 amide bonds. The summed E-state index contributed by atoms with van der Waals surface area (Å²) in [7, 11) is 0. The third-order valence-corrected chi connectivity index (χ3v) is 20.8. The van der Waals surface area contributed by atoms with Crippen LogP contribution in [0.2, 0.25) is 0 Å². The van der Waals surface area contributed by atoms with Crippen molar-refractivity contribution in [2.75, 3.05) is 19.6 Å². The average molecular weight is 1220 g/mol. The summed E-state index contributed by atoms with van der Waals surface area (Å²) in [4.78, 5) is 10.0. The number of benzene rings is 16. The lowest BCUT2D eigenvalue weighted by Crippen LogP contribution is -2.61. The fourth-order valence-corrected chi connectivity index (χ4v) is 16.8. The van der Waals surface area contributed by atoms with Gasteiger partial charge in [0.2, 0.25) is 0 Å². The lowest BCUT2D eigenvalue weighted by atomic mass is 9.33. The molecule has 20 rings (SSSR count). The molecule has 0 radical (unpaired) electrons. The predicted molar refractivity (Wildman–Crippen MR) is 409 cm³/mol. The maximum absolute atomic E-state index is 2.51. The van der Waals surface area contributed by atoms with Crippen LogP contribution in [0.5, 0.6) is 0 Å². The van der Waals surface area contributed by atoms with Crippen molar-refractivity contribution in [2.45, 2.75) is 0 Å². The molecule has 0 saturated heterocycles. The Morgan fingerprint density at radius 1 is 0.177 bits per heavy atom. The van der Waals surface area contributed by atoms with E-state index in [1.807, 2.05) is 0 Å². The maximum atomic E-state index is 2.51. The third kappa shape index (κ3) is 8.25. The van der Waals surface area contributed by atoms with Gasteiger partial charge in [-0.3, -0.25) is 0 Å². The first-order valence-corrected chi connectivity index (χ1v) is 33.4. The lowest BCUT2D eigenvalue weighted by molar-refractivity contribution is 1.25. The largest absolute Gasteiger partial charge is 0.311 e. The molecule has 0 spiro atoms. The standard InChI is InChI=1S/C90H58B2N4/c1-3-35-69-59(23-1)25-17-37-71(69)61-27-13-31-65(55-61)93-81-47-9-5-43-77(81)91-79-45-7-11-49-83(79)95(87-53-21-51-85(93)89(87)91)67-33-15-29-63(57-67)73-39-19-42-76-74(40-20-41-75(73)76)64-30-16-34-68(58-64)96-84-50-12-8-46-80(84)92-78-44-6-10-48-82(78)94(86-52-22-54-88(96)90(86)92)66-32-14-28-62(56-66)72-38-18-26-60-24-2-4-36-70(60)72/h1-58H. The molecule has 96 heavy (non-hydrogen) atoms. The van der Waals surface area contributed by atoms with Crippen molar-refractivity contribution in [3.63, 3.8) is 0 Å². The monoisotopic (exact) mass is 1220 g/mol. The normalized spacial score (nSPS) is 13.1. The van der Waals surface area contributed by atoms with E-state index in [-0.39, 0.29) is 13.4 Å². The van der Waals surface area contributed by atoms with Gasteiger partial charge in [0.1, 0.15) is 0 Å². The molecule has 0 saturated carbocycles. The Labute approximate surface area is 559 Å². The molecule has 4 heterocycles. The van der Waals surface area contributed by atoms with Crippen molar-refractivity contribution in [1.82, 2.24) is 0 Å². The highest BCUT2D eigenvalue weighted by atomic mass is 15.2. The number of fused-ring (bicyclic) bond motifs is 11. The zero-order chi connectivity index (χ0) is 63.0. The number of anilines is 12. The van der Waals surface area contributed by atoms with E-state index in [1.54, 1.807) is 0 Å². The summed E-state index contributed by atoms with van der Waals surface area (Å²) in [5, 5.41) is 7.40. The van der Waals surface area contributed by atoms with E-state index < -0.39 is 0 Å². The number of hydrogen-bond acceptors (Lipinski definition) is 4. The zero-order valence-corrected chi connectivity index (χ0v) is 52.4. The first-order chi connectivity index (χ1) is 47.7. The molecule has 0 aromatic heterocycles. The molecule has 0 bridgehead atoms. The summed E-state index contributed by atoms with van der Waals surface area (Å²) < 4.78 is 0. The molecule has 16 aromatic rings. The Hall–Kier alpha value is -12.4. The minimum Gasteiger partial charge on any atom is -0.311 e. The van der Waals surface area contributed by atoms with Gasteiger partial charge in [-0.15, -0.1) is 0 Å². The van der Waals surface area contributed by atoms with Crippen LogP contribution in [-0.4, -0.2) is 13.4 Å². The Balaban J connectivity index is 0.680. The van der Waals surface area contributed by atoms with Gasteiger partial charge in [-0.2, -0.15) is 0 Å². The van der Waals surface area contributed by atoms with Gasteiger partial charge in [0.25, 0.3) is 13.4 Å². The van der Waals surface area contributed by atoms with Gasteiger partial charge in [0.05, 0.1) is 0 Å². The van der Waals surface area contributed by atoms with E-state index in [1.165, 1.54) is 144 Å². The fourth-order valence-electron chi connectivity index (χ4n) is 16.8. The average Bonchev–Trinajstić information content (AvgIpc) is 0.709. The van der Waals surface area contributed by atoms with Crippen molar-refractivity contribution in [1.29, 1.82) is 0 Å². The van der Waals surface area contributed by atoms with E-state index in [0.717, 1.165) is 33.9 Å². The van der Waals surface area contributed by atoms with Crippen LogP contribution in [-0.2, 0) is 0 Å². The summed E-state index contributed by atoms with van der Waals surface area (Å²) in [5.41, 5.74) is 31.4. The van der Waals surface area contributed by atoms with Gasteiger partial charge in [-0.25, -0.2) is 0 Å². The van der Waals surface area contributed by atoms with E-state index >= 15 is 0 Å². The Morgan fingerprint density at radius 3 is 0.740 bits per heavy atom. The van der Waals surface area contributed by atoms with Crippen LogP contribution in [0.4, 0.5) is 68.2 Å². The second-order valence-corrected chi connectivity index (χ2v) is 25.8. The SMILES string of the molecule is c1cc(-c2cccc3ccccc23)cc(N2c3ccccc3B3c4ccccc4N(c4cccc(-c5cccc6c(-c7cccc(N8c9ccccc9B9c%10ccccc%10N(c%10cccc(-c%11cccc%12ccccc%11%12)c%10)c%10cccc8c%109)c7)cccc56)c4)c4cccc2c43)c1. The van der Waals surface area contributed by atoms with E-state index in [4.69, 9.17) is 0 Å². The van der Waals surface area contributed by atoms with Gasteiger partial charge in [0, 0.05) is 68.2 Å². The van der Waals surface area contributed by atoms with Gasteiger partial charge in [0.15, 0.2) is 0 Å². The highest BCUT2D eigenvalue weighted by Gasteiger charge is 2.45. The highest BCUT2D eigenvalue weighted by Crippen LogP contribution is 2.49. The summed E-state index contributed by atoms with van der Waals surface area (Å²) in [6.45, 7) is 0.0718. The quantitative estimate of drug-likeness (QED) is 0.141. The minimum atomic E-state index is 0.0359. The van der Waals surface area contributed by atoms with Crippen molar-refractivity contribution in [3.05, 3.63) is 352 Å². The summed E-state index contributed by atoms with van der Waals surface area (Å²) in [6.07, 6.45) is 0. The molecule has 4 aliphatic rings. The van der Waals surface area contributed by atoms with Crippen LogP contribution >= 0.6 is 0 Å². The highest BCUT2D eigenvalue weighted by molar-refractivity contribution is 7.01. The lowest BCUT2D eigenvalue weighted by Gasteiger charge is -2.44. The Bertz CT molecular complexity index is 5520. The number of hydrogen-bond donors (Lipinski definition) is 0. The Kier molecular flexibility index (Phi) is 12.2. The maximum Gasteiger partial charge on any atom is 0.252 e.